The van der Waals surface area contributed by atoms with Crippen molar-refractivity contribution in [1.29, 1.82) is 0 Å². The topological polar surface area (TPSA) is 81.1 Å². The first-order valence-electron chi connectivity index (χ1n) is 6.03. The van der Waals surface area contributed by atoms with Gasteiger partial charge in [-0.25, -0.2) is 4.98 Å². The monoisotopic (exact) mass is 323 g/mol. The van der Waals surface area contributed by atoms with Gasteiger partial charge in [-0.3, -0.25) is 4.79 Å². The molecule has 0 bridgehead atoms. The number of hydrogen-bond donors (Lipinski definition) is 1. The quantitative estimate of drug-likeness (QED) is 0.727. The van der Waals surface area contributed by atoms with Crippen LogP contribution < -0.4 is 0 Å². The molecule has 0 aliphatic carbocycles. The number of nitrogens with zero attached hydrogens (tertiary/aromatic N) is 3. The van der Waals surface area contributed by atoms with Gasteiger partial charge in [-0.1, -0.05) is 28.5 Å². The van der Waals surface area contributed by atoms with Crippen LogP contribution in [0, 0.1) is 0 Å². The van der Waals surface area contributed by atoms with E-state index in [0.29, 0.717) is 16.7 Å². The Morgan fingerprint density at radius 1 is 1.43 bits per heavy atom. The number of imidazole rings is 1. The Morgan fingerprint density at radius 3 is 3.00 bits per heavy atom. The fourth-order valence-electron chi connectivity index (χ4n) is 1.95. The number of aliphatic carboxylic acids is 1. The Kier molecular flexibility index (Phi) is 3.85. The van der Waals surface area contributed by atoms with Crippen LogP contribution in [-0.2, 0) is 11.3 Å². The van der Waals surface area contributed by atoms with Crippen LogP contribution in [0.5, 0.6) is 0 Å². The maximum absolute atomic E-state index is 10.8. The van der Waals surface area contributed by atoms with E-state index >= 15 is 0 Å². The number of fused-ring (bicyclic) bond motifs is 1. The number of carboxylic acid groups (broad SMARTS) is 1. The second kappa shape index (κ2) is 5.79. The summed E-state index contributed by atoms with van der Waals surface area (Å²) in [6.07, 6.45) is 1.50. The first-order valence-corrected chi connectivity index (χ1v) is 7.39. The van der Waals surface area contributed by atoms with E-state index in [0.717, 1.165) is 28.5 Å². The van der Waals surface area contributed by atoms with Crippen LogP contribution in [0.1, 0.15) is 5.69 Å². The predicted molar refractivity (Wildman–Crippen MR) is 78.7 cm³/mol. The molecule has 0 saturated heterocycles. The molecule has 8 heteroatoms. The van der Waals surface area contributed by atoms with E-state index in [1.54, 1.807) is 18.2 Å². The number of carbonyl (C=O) groups is 1. The molecular weight excluding hydrogens is 314 g/mol. The predicted octanol–water partition coefficient (Wildman–Crippen LogP) is 2.90. The lowest BCUT2D eigenvalue weighted by atomic mass is 10.3. The Labute approximate surface area is 128 Å². The summed E-state index contributed by atoms with van der Waals surface area (Å²) in [7, 11) is 0. The van der Waals surface area contributed by atoms with Gasteiger partial charge in [0.05, 0.1) is 23.3 Å². The number of halogens is 1. The minimum atomic E-state index is -0.891. The van der Waals surface area contributed by atoms with Gasteiger partial charge >= 0.3 is 5.97 Å². The first-order chi connectivity index (χ1) is 10.1. The van der Waals surface area contributed by atoms with Crippen molar-refractivity contribution < 1.29 is 14.4 Å². The molecule has 108 valence electrons. The van der Waals surface area contributed by atoms with Crippen LogP contribution in [0.3, 0.4) is 0 Å². The number of carboxylic acids is 1. The van der Waals surface area contributed by atoms with E-state index in [9.17, 15) is 4.79 Å². The SMILES string of the molecule is O=C(O)CSc1nc2cc(Cl)ccc2n1Cc1ccon1. The molecule has 0 unspecified atom stereocenters. The van der Waals surface area contributed by atoms with E-state index < -0.39 is 5.97 Å². The normalized spacial score (nSPS) is 11.1. The van der Waals surface area contributed by atoms with Gasteiger partial charge in [0.15, 0.2) is 5.16 Å². The van der Waals surface area contributed by atoms with Gasteiger partial charge in [0.25, 0.3) is 0 Å². The van der Waals surface area contributed by atoms with Crippen molar-refractivity contribution in [2.75, 3.05) is 5.75 Å². The standard InChI is InChI=1S/C13H10ClN3O3S/c14-8-1-2-11-10(5-8)15-13(21-7-12(18)19)17(11)6-9-3-4-20-16-9/h1-5H,6-7H2,(H,18,19). The van der Waals surface area contributed by atoms with Crippen molar-refractivity contribution in [3.63, 3.8) is 0 Å². The summed E-state index contributed by atoms with van der Waals surface area (Å²) < 4.78 is 6.73. The van der Waals surface area contributed by atoms with Crippen LogP contribution >= 0.6 is 23.4 Å². The number of hydrogen-bond acceptors (Lipinski definition) is 5. The molecule has 0 amide bonds. The average Bonchev–Trinajstić information content (AvgIpc) is 3.05. The highest BCUT2D eigenvalue weighted by atomic mass is 35.5. The van der Waals surface area contributed by atoms with E-state index in [1.165, 1.54) is 6.26 Å². The van der Waals surface area contributed by atoms with Crippen molar-refractivity contribution in [1.82, 2.24) is 14.7 Å². The minimum absolute atomic E-state index is 0.0597. The number of benzene rings is 1. The third kappa shape index (κ3) is 3.03. The van der Waals surface area contributed by atoms with Crippen LogP contribution in [0.15, 0.2) is 40.2 Å². The second-order valence-electron chi connectivity index (χ2n) is 4.29. The van der Waals surface area contributed by atoms with Gasteiger partial charge in [0.1, 0.15) is 12.0 Å². The molecule has 0 saturated carbocycles. The molecule has 0 atom stereocenters. The zero-order valence-electron chi connectivity index (χ0n) is 10.7. The Morgan fingerprint density at radius 2 is 2.29 bits per heavy atom. The van der Waals surface area contributed by atoms with Crippen molar-refractivity contribution in [3.8, 4) is 0 Å². The van der Waals surface area contributed by atoms with Gasteiger partial charge < -0.3 is 14.2 Å². The number of thioether (sulfide) groups is 1. The van der Waals surface area contributed by atoms with Gasteiger partial charge in [0, 0.05) is 11.1 Å². The zero-order valence-corrected chi connectivity index (χ0v) is 12.3. The summed E-state index contributed by atoms with van der Waals surface area (Å²) in [5.74, 6) is -0.950. The number of aromatic nitrogens is 3. The largest absolute Gasteiger partial charge is 0.481 e. The van der Waals surface area contributed by atoms with E-state index in [-0.39, 0.29) is 5.75 Å². The lowest BCUT2D eigenvalue weighted by Crippen LogP contribution is -2.04. The number of rotatable bonds is 5. The highest BCUT2D eigenvalue weighted by Gasteiger charge is 2.14. The highest BCUT2D eigenvalue weighted by Crippen LogP contribution is 2.27. The van der Waals surface area contributed by atoms with E-state index in [1.807, 2.05) is 10.6 Å². The van der Waals surface area contributed by atoms with E-state index in [2.05, 4.69) is 10.1 Å². The minimum Gasteiger partial charge on any atom is -0.481 e. The molecule has 0 radical (unpaired) electrons. The molecule has 1 aromatic carbocycles. The summed E-state index contributed by atoms with van der Waals surface area (Å²) in [4.78, 5) is 15.2. The summed E-state index contributed by atoms with van der Waals surface area (Å²) in [6.45, 7) is 0.455. The molecule has 21 heavy (non-hydrogen) atoms. The molecule has 0 aliphatic rings. The summed E-state index contributed by atoms with van der Waals surface area (Å²) in [5, 5.41) is 13.9. The molecule has 3 aromatic rings. The molecule has 6 nitrogen and oxygen atoms in total. The molecule has 3 rings (SSSR count). The van der Waals surface area contributed by atoms with Crippen molar-refractivity contribution >= 4 is 40.4 Å². The van der Waals surface area contributed by atoms with Crippen LogP contribution in [0.2, 0.25) is 5.02 Å². The molecular formula is C13H10ClN3O3S. The third-order valence-electron chi connectivity index (χ3n) is 2.81. The Bertz CT molecular complexity index is 785. The maximum atomic E-state index is 10.8. The molecule has 0 spiro atoms. The van der Waals surface area contributed by atoms with E-state index in [4.69, 9.17) is 21.2 Å². The Balaban J connectivity index is 2.03. The van der Waals surface area contributed by atoms with Crippen LogP contribution in [0.25, 0.3) is 11.0 Å². The fraction of sp³-hybridized carbons (Fsp3) is 0.154. The average molecular weight is 324 g/mol. The van der Waals surface area contributed by atoms with Gasteiger partial charge in [-0.15, -0.1) is 0 Å². The fourth-order valence-corrected chi connectivity index (χ4v) is 2.85. The Hall–Kier alpha value is -1.99. The van der Waals surface area contributed by atoms with Crippen molar-refractivity contribution in [2.24, 2.45) is 0 Å². The molecule has 2 heterocycles. The summed E-state index contributed by atoms with van der Waals surface area (Å²) in [6, 6.07) is 7.14. The van der Waals surface area contributed by atoms with Crippen LogP contribution in [-0.4, -0.2) is 31.5 Å². The summed E-state index contributed by atoms with van der Waals surface area (Å²) >= 11 is 7.13. The first kappa shape index (κ1) is 14.0. The molecule has 2 aromatic heterocycles. The zero-order chi connectivity index (χ0) is 14.8. The highest BCUT2D eigenvalue weighted by molar-refractivity contribution is 7.99. The summed E-state index contributed by atoms with van der Waals surface area (Å²) in [5.41, 5.74) is 2.33. The lowest BCUT2D eigenvalue weighted by molar-refractivity contribution is -0.133. The van der Waals surface area contributed by atoms with Crippen molar-refractivity contribution in [3.05, 3.63) is 41.2 Å². The molecule has 0 fully saturated rings. The second-order valence-corrected chi connectivity index (χ2v) is 5.67. The molecule has 1 N–H and O–H groups in total. The lowest BCUT2D eigenvalue weighted by Gasteiger charge is -2.05. The van der Waals surface area contributed by atoms with Gasteiger partial charge in [-0.05, 0) is 18.2 Å². The molecule has 0 aliphatic heterocycles. The van der Waals surface area contributed by atoms with Gasteiger partial charge in [0.2, 0.25) is 0 Å². The van der Waals surface area contributed by atoms with Crippen LogP contribution in [0.4, 0.5) is 0 Å². The smallest absolute Gasteiger partial charge is 0.313 e. The maximum Gasteiger partial charge on any atom is 0.313 e. The third-order valence-corrected chi connectivity index (χ3v) is 4.01. The van der Waals surface area contributed by atoms with Crippen molar-refractivity contribution in [2.45, 2.75) is 11.7 Å². The van der Waals surface area contributed by atoms with Gasteiger partial charge in [-0.2, -0.15) is 0 Å².